The second-order valence-corrected chi connectivity index (χ2v) is 6.31. The van der Waals surface area contributed by atoms with Crippen LogP contribution in [0.1, 0.15) is 11.1 Å². The molecule has 21 heavy (non-hydrogen) atoms. The lowest BCUT2D eigenvalue weighted by Crippen LogP contribution is -2.40. The van der Waals surface area contributed by atoms with Gasteiger partial charge in [-0.05, 0) is 25.5 Å². The zero-order valence-electron chi connectivity index (χ0n) is 12.0. The van der Waals surface area contributed by atoms with Crippen molar-refractivity contribution in [3.63, 3.8) is 0 Å². The highest BCUT2D eigenvalue weighted by molar-refractivity contribution is 7.89. The molecule has 9 heteroatoms. The Morgan fingerprint density at radius 2 is 2.05 bits per heavy atom. The van der Waals surface area contributed by atoms with Crippen LogP contribution in [0.5, 0.6) is 0 Å². The lowest BCUT2D eigenvalue weighted by atomic mass is 10.1. The first-order chi connectivity index (χ1) is 9.72. The Hall–Kier alpha value is -1.55. The first-order valence-corrected chi connectivity index (χ1v) is 7.59. The van der Waals surface area contributed by atoms with Gasteiger partial charge in [0.2, 0.25) is 10.0 Å². The van der Waals surface area contributed by atoms with Crippen molar-refractivity contribution in [2.75, 3.05) is 20.3 Å². The fourth-order valence-corrected chi connectivity index (χ4v) is 3.08. The minimum atomic E-state index is -3.98. The number of nitrogens with one attached hydrogen (secondary N) is 1. The Morgan fingerprint density at radius 1 is 1.43 bits per heavy atom. The van der Waals surface area contributed by atoms with Crippen LogP contribution in [0.25, 0.3) is 0 Å². The smallest absolute Gasteiger partial charge is 0.273 e. The number of nitro benzene ring substituents is 1. The molecular formula is C12H18N2O6S. The fraction of sp³-hybridized carbons (Fsp3) is 0.500. The van der Waals surface area contributed by atoms with Crippen molar-refractivity contribution in [1.82, 2.24) is 4.72 Å². The molecule has 2 N–H and O–H groups in total. The maximum atomic E-state index is 12.2. The number of sulfonamides is 1. The predicted molar refractivity (Wildman–Crippen MR) is 75.6 cm³/mol. The second kappa shape index (κ2) is 6.94. The number of rotatable bonds is 7. The van der Waals surface area contributed by atoms with E-state index < -0.39 is 27.6 Å². The zero-order valence-corrected chi connectivity index (χ0v) is 12.8. The van der Waals surface area contributed by atoms with Crippen molar-refractivity contribution < 1.29 is 23.2 Å². The molecule has 1 unspecified atom stereocenters. The number of aryl methyl sites for hydroxylation is 1. The van der Waals surface area contributed by atoms with Crippen LogP contribution in [0, 0.1) is 24.0 Å². The highest BCUT2D eigenvalue weighted by Gasteiger charge is 2.24. The Labute approximate surface area is 122 Å². The van der Waals surface area contributed by atoms with Gasteiger partial charge in [0.25, 0.3) is 5.69 Å². The van der Waals surface area contributed by atoms with Crippen LogP contribution in [-0.4, -0.2) is 44.8 Å². The molecule has 0 spiro atoms. The van der Waals surface area contributed by atoms with Gasteiger partial charge in [-0.1, -0.05) is 0 Å². The van der Waals surface area contributed by atoms with Gasteiger partial charge in [-0.2, -0.15) is 0 Å². The van der Waals surface area contributed by atoms with Crippen molar-refractivity contribution in [3.05, 3.63) is 33.4 Å². The van der Waals surface area contributed by atoms with Crippen molar-refractivity contribution in [1.29, 1.82) is 0 Å². The molecule has 0 fully saturated rings. The number of aliphatic hydroxyl groups excluding tert-OH is 1. The number of aliphatic hydroxyl groups is 1. The topological polar surface area (TPSA) is 119 Å². The summed E-state index contributed by atoms with van der Waals surface area (Å²) in [5.74, 6) is 0. The van der Waals surface area contributed by atoms with Gasteiger partial charge in [0.05, 0.1) is 29.1 Å². The molecule has 0 saturated carbocycles. The summed E-state index contributed by atoms with van der Waals surface area (Å²) in [6.07, 6.45) is 0. The van der Waals surface area contributed by atoms with E-state index in [0.717, 1.165) is 6.07 Å². The largest absolute Gasteiger partial charge is 0.395 e. The highest BCUT2D eigenvalue weighted by Crippen LogP contribution is 2.25. The van der Waals surface area contributed by atoms with E-state index in [1.54, 1.807) is 13.8 Å². The minimum absolute atomic E-state index is 0.0112. The standard InChI is InChI=1S/C12H18N2O6S/c1-8-4-11(5-12(9(8)2)14(16)17)21(18,19)13-10(6-15)7-20-3/h4-5,10,13,15H,6-7H2,1-3H3. The molecule has 0 bridgehead atoms. The number of hydrogen-bond donors (Lipinski definition) is 2. The molecule has 0 radical (unpaired) electrons. The van der Waals surface area contributed by atoms with E-state index in [0.29, 0.717) is 11.1 Å². The third kappa shape index (κ3) is 4.21. The summed E-state index contributed by atoms with van der Waals surface area (Å²) >= 11 is 0. The van der Waals surface area contributed by atoms with Crippen LogP contribution in [0.4, 0.5) is 5.69 Å². The molecule has 1 rings (SSSR count). The summed E-state index contributed by atoms with van der Waals surface area (Å²) in [4.78, 5) is 10.1. The maximum absolute atomic E-state index is 12.2. The first kappa shape index (κ1) is 17.5. The number of nitro groups is 1. The lowest BCUT2D eigenvalue weighted by Gasteiger charge is -2.16. The van der Waals surface area contributed by atoms with E-state index >= 15 is 0 Å². The Balaban J connectivity index is 3.23. The molecule has 0 amide bonds. The van der Waals surface area contributed by atoms with Gasteiger partial charge < -0.3 is 9.84 Å². The van der Waals surface area contributed by atoms with Crippen molar-refractivity contribution >= 4 is 15.7 Å². The average molecular weight is 318 g/mol. The van der Waals surface area contributed by atoms with Gasteiger partial charge in [0, 0.05) is 18.7 Å². The summed E-state index contributed by atoms with van der Waals surface area (Å²) in [5, 5.41) is 20.1. The molecule has 0 aliphatic heterocycles. The normalized spacial score (nSPS) is 13.1. The number of benzene rings is 1. The summed E-state index contributed by atoms with van der Waals surface area (Å²) < 4.78 is 31.5. The quantitative estimate of drug-likeness (QED) is 0.558. The first-order valence-electron chi connectivity index (χ1n) is 6.10. The van der Waals surface area contributed by atoms with Gasteiger partial charge in [0.1, 0.15) is 0 Å². The van der Waals surface area contributed by atoms with E-state index in [2.05, 4.69) is 4.72 Å². The maximum Gasteiger partial charge on any atom is 0.273 e. The molecule has 118 valence electrons. The molecule has 1 atom stereocenters. The lowest BCUT2D eigenvalue weighted by molar-refractivity contribution is -0.385. The second-order valence-electron chi connectivity index (χ2n) is 4.60. The third-order valence-electron chi connectivity index (χ3n) is 3.03. The number of ether oxygens (including phenoxy) is 1. The Kier molecular flexibility index (Phi) is 5.78. The molecule has 1 aromatic carbocycles. The summed E-state index contributed by atoms with van der Waals surface area (Å²) in [5.41, 5.74) is 0.647. The van der Waals surface area contributed by atoms with Crippen LogP contribution < -0.4 is 4.72 Å². The number of nitrogens with zero attached hydrogens (tertiary/aromatic N) is 1. The van der Waals surface area contributed by atoms with Crippen LogP contribution in [0.3, 0.4) is 0 Å². The number of methoxy groups -OCH3 is 1. The molecule has 0 aromatic heterocycles. The molecular weight excluding hydrogens is 300 g/mol. The molecule has 1 aromatic rings. The molecule has 0 heterocycles. The fourth-order valence-electron chi connectivity index (χ4n) is 1.77. The van der Waals surface area contributed by atoms with E-state index in [-0.39, 0.29) is 17.2 Å². The summed E-state index contributed by atoms with van der Waals surface area (Å²) in [6, 6.07) is 1.54. The van der Waals surface area contributed by atoms with Gasteiger partial charge in [-0.3, -0.25) is 10.1 Å². The van der Waals surface area contributed by atoms with Gasteiger partial charge in [0.15, 0.2) is 0 Å². The van der Waals surface area contributed by atoms with E-state index in [1.165, 1.54) is 13.2 Å². The average Bonchev–Trinajstić information content (AvgIpc) is 2.40. The van der Waals surface area contributed by atoms with E-state index in [9.17, 15) is 18.5 Å². The zero-order chi connectivity index (χ0) is 16.2. The van der Waals surface area contributed by atoms with Crippen LogP contribution in [-0.2, 0) is 14.8 Å². The Bertz CT molecular complexity index is 629. The predicted octanol–water partition coefficient (Wildman–Crippen LogP) is 0.497. The van der Waals surface area contributed by atoms with E-state index in [4.69, 9.17) is 9.84 Å². The molecule has 0 saturated heterocycles. The van der Waals surface area contributed by atoms with Gasteiger partial charge >= 0.3 is 0 Å². The monoisotopic (exact) mass is 318 g/mol. The van der Waals surface area contributed by atoms with Gasteiger partial charge in [-0.25, -0.2) is 13.1 Å². The van der Waals surface area contributed by atoms with Crippen LogP contribution >= 0.6 is 0 Å². The van der Waals surface area contributed by atoms with Crippen molar-refractivity contribution in [3.8, 4) is 0 Å². The highest BCUT2D eigenvalue weighted by atomic mass is 32.2. The molecule has 8 nitrogen and oxygen atoms in total. The van der Waals surface area contributed by atoms with Crippen molar-refractivity contribution in [2.24, 2.45) is 0 Å². The SMILES string of the molecule is COCC(CO)NS(=O)(=O)c1cc(C)c(C)c([N+](=O)[O-])c1. The van der Waals surface area contributed by atoms with Gasteiger partial charge in [-0.15, -0.1) is 0 Å². The summed E-state index contributed by atoms with van der Waals surface area (Å²) in [6.45, 7) is 2.70. The minimum Gasteiger partial charge on any atom is -0.395 e. The van der Waals surface area contributed by atoms with E-state index in [1.807, 2.05) is 0 Å². The molecule has 0 aliphatic carbocycles. The Morgan fingerprint density at radius 3 is 2.52 bits per heavy atom. The van der Waals surface area contributed by atoms with Crippen molar-refractivity contribution in [2.45, 2.75) is 24.8 Å². The summed E-state index contributed by atoms with van der Waals surface area (Å²) in [7, 11) is -2.61. The third-order valence-corrected chi connectivity index (χ3v) is 4.53. The number of hydrogen-bond acceptors (Lipinski definition) is 6. The van der Waals surface area contributed by atoms with Crippen LogP contribution in [0.2, 0.25) is 0 Å². The molecule has 0 aliphatic rings. The van der Waals surface area contributed by atoms with Crippen LogP contribution in [0.15, 0.2) is 17.0 Å².